The molecule has 8 heteroatoms. The number of amides is 1. The summed E-state index contributed by atoms with van der Waals surface area (Å²) in [6, 6.07) is 4.23. The second kappa shape index (κ2) is 8.47. The van der Waals surface area contributed by atoms with Crippen LogP contribution in [0.2, 0.25) is 0 Å². The van der Waals surface area contributed by atoms with E-state index in [1.807, 2.05) is 0 Å². The molecule has 1 aliphatic rings. The van der Waals surface area contributed by atoms with Gasteiger partial charge in [0.2, 0.25) is 0 Å². The molecule has 1 aromatic rings. The summed E-state index contributed by atoms with van der Waals surface area (Å²) in [5, 5.41) is 2.39. The van der Waals surface area contributed by atoms with Crippen molar-refractivity contribution >= 4 is 11.9 Å². The van der Waals surface area contributed by atoms with E-state index in [-0.39, 0.29) is 23.6 Å². The Kier molecular flexibility index (Phi) is 6.34. The lowest BCUT2D eigenvalue weighted by atomic mass is 10.2. The van der Waals surface area contributed by atoms with Crippen molar-refractivity contribution in [2.24, 2.45) is 5.92 Å². The quantitative estimate of drug-likeness (QED) is 0.695. The molecule has 1 aliphatic carbocycles. The van der Waals surface area contributed by atoms with Gasteiger partial charge in [-0.2, -0.15) is 0 Å². The smallest absolute Gasteiger partial charge is 0.325 e. The van der Waals surface area contributed by atoms with Gasteiger partial charge in [-0.1, -0.05) is 0 Å². The van der Waals surface area contributed by atoms with Crippen LogP contribution < -0.4 is 14.8 Å². The summed E-state index contributed by atoms with van der Waals surface area (Å²) in [6.07, 6.45) is -0.483. The topological polar surface area (TPSA) is 73.9 Å². The van der Waals surface area contributed by atoms with E-state index in [2.05, 4.69) is 10.1 Å². The van der Waals surface area contributed by atoms with Crippen molar-refractivity contribution in [3.8, 4) is 11.5 Å². The lowest BCUT2D eigenvalue weighted by Crippen LogP contribution is -2.30. The highest BCUT2D eigenvalue weighted by atomic mass is 19.3. The molecular formula is C16H19F2NO5. The maximum absolute atomic E-state index is 12.3. The van der Waals surface area contributed by atoms with E-state index in [4.69, 9.17) is 9.47 Å². The number of carbonyl (C=O) groups excluding carboxylic acids is 2. The molecule has 24 heavy (non-hydrogen) atoms. The standard InChI is InChI=1S/C16H19F2NO5/c1-22-15(20)7-19-16(21)11-4-5-12(24-9-14(17)18)13(6-11)23-8-10-2-3-10/h4-6,10,14H,2-3,7-9H2,1H3,(H,19,21). The number of halogens is 2. The third kappa shape index (κ3) is 5.68. The van der Waals surface area contributed by atoms with Crippen molar-refractivity contribution in [3.05, 3.63) is 23.8 Å². The number of hydrogen-bond acceptors (Lipinski definition) is 5. The van der Waals surface area contributed by atoms with Crippen LogP contribution >= 0.6 is 0 Å². The Balaban J connectivity index is 2.06. The first-order valence-corrected chi connectivity index (χ1v) is 7.52. The maximum atomic E-state index is 12.3. The number of alkyl halides is 2. The largest absolute Gasteiger partial charge is 0.489 e. The molecule has 0 saturated heterocycles. The number of rotatable bonds is 9. The van der Waals surface area contributed by atoms with Crippen molar-refractivity contribution in [2.75, 3.05) is 26.9 Å². The Morgan fingerprint density at radius 3 is 2.62 bits per heavy atom. The Morgan fingerprint density at radius 2 is 2.00 bits per heavy atom. The normalized spacial score (nSPS) is 13.5. The lowest BCUT2D eigenvalue weighted by molar-refractivity contribution is -0.139. The fourth-order valence-corrected chi connectivity index (χ4v) is 1.85. The molecule has 0 aromatic heterocycles. The van der Waals surface area contributed by atoms with Gasteiger partial charge in [-0.15, -0.1) is 0 Å². The van der Waals surface area contributed by atoms with Crippen molar-refractivity contribution in [1.82, 2.24) is 5.32 Å². The second-order valence-electron chi connectivity index (χ2n) is 5.38. The minimum atomic E-state index is -2.61. The SMILES string of the molecule is COC(=O)CNC(=O)c1ccc(OCC(F)F)c(OCC2CC2)c1. The lowest BCUT2D eigenvalue weighted by Gasteiger charge is -2.14. The van der Waals surface area contributed by atoms with E-state index < -0.39 is 24.9 Å². The summed E-state index contributed by atoms with van der Waals surface area (Å²) in [5.41, 5.74) is 0.231. The Hall–Kier alpha value is -2.38. The van der Waals surface area contributed by atoms with Crippen LogP contribution in [0.1, 0.15) is 23.2 Å². The molecule has 0 spiro atoms. The molecule has 0 unspecified atom stereocenters. The van der Waals surface area contributed by atoms with Gasteiger partial charge in [0.05, 0.1) is 13.7 Å². The van der Waals surface area contributed by atoms with Crippen LogP contribution in [0, 0.1) is 5.92 Å². The number of methoxy groups -OCH3 is 1. The average molecular weight is 343 g/mol. The minimum Gasteiger partial charge on any atom is -0.489 e. The molecule has 1 N–H and O–H groups in total. The molecule has 0 radical (unpaired) electrons. The number of hydrogen-bond donors (Lipinski definition) is 1. The molecule has 1 fully saturated rings. The van der Waals surface area contributed by atoms with E-state index in [1.54, 1.807) is 0 Å². The molecular weight excluding hydrogens is 324 g/mol. The number of nitrogens with one attached hydrogen (secondary N) is 1. The fraction of sp³-hybridized carbons (Fsp3) is 0.500. The number of ether oxygens (including phenoxy) is 3. The third-order valence-corrected chi connectivity index (χ3v) is 3.36. The van der Waals surface area contributed by atoms with Gasteiger partial charge >= 0.3 is 5.97 Å². The maximum Gasteiger partial charge on any atom is 0.325 e. The third-order valence-electron chi connectivity index (χ3n) is 3.36. The molecule has 0 heterocycles. The van der Waals surface area contributed by atoms with E-state index in [0.717, 1.165) is 12.8 Å². The Labute approximate surface area is 138 Å². The summed E-state index contributed by atoms with van der Waals surface area (Å²) >= 11 is 0. The van der Waals surface area contributed by atoms with Gasteiger partial charge in [0.25, 0.3) is 12.3 Å². The summed E-state index contributed by atoms with van der Waals surface area (Å²) in [6.45, 7) is -0.580. The van der Waals surface area contributed by atoms with Gasteiger partial charge in [-0.3, -0.25) is 9.59 Å². The molecule has 6 nitrogen and oxygen atoms in total. The molecule has 1 aromatic carbocycles. The Morgan fingerprint density at radius 1 is 1.25 bits per heavy atom. The predicted octanol–water partition coefficient (Wildman–Crippen LogP) is 2.02. The number of benzene rings is 1. The molecule has 0 aliphatic heterocycles. The van der Waals surface area contributed by atoms with Crippen molar-refractivity contribution in [1.29, 1.82) is 0 Å². The van der Waals surface area contributed by atoms with Crippen LogP contribution in [0.5, 0.6) is 11.5 Å². The van der Waals surface area contributed by atoms with Crippen LogP contribution in [0.15, 0.2) is 18.2 Å². The van der Waals surface area contributed by atoms with E-state index >= 15 is 0 Å². The first-order valence-electron chi connectivity index (χ1n) is 7.52. The molecule has 1 amide bonds. The fourth-order valence-electron chi connectivity index (χ4n) is 1.85. The predicted molar refractivity (Wildman–Crippen MR) is 80.5 cm³/mol. The molecule has 0 atom stereocenters. The molecule has 0 bridgehead atoms. The van der Waals surface area contributed by atoms with Crippen LogP contribution in [-0.2, 0) is 9.53 Å². The molecule has 132 valence electrons. The van der Waals surface area contributed by atoms with E-state index in [9.17, 15) is 18.4 Å². The van der Waals surface area contributed by atoms with Crippen molar-refractivity contribution in [2.45, 2.75) is 19.3 Å². The monoisotopic (exact) mass is 343 g/mol. The minimum absolute atomic E-state index is 0.153. The first kappa shape index (κ1) is 18.0. The van der Waals surface area contributed by atoms with Gasteiger partial charge in [-0.05, 0) is 37.0 Å². The average Bonchev–Trinajstić information content (AvgIpc) is 3.40. The van der Waals surface area contributed by atoms with Crippen molar-refractivity contribution < 1.29 is 32.6 Å². The molecule has 1 saturated carbocycles. The summed E-state index contributed by atoms with van der Waals surface area (Å²) < 4.78 is 39.7. The Bertz CT molecular complexity index is 590. The van der Waals surface area contributed by atoms with Gasteiger partial charge < -0.3 is 19.5 Å². The van der Waals surface area contributed by atoms with Gasteiger partial charge in [0, 0.05) is 5.56 Å². The number of esters is 1. The van der Waals surface area contributed by atoms with E-state index in [0.29, 0.717) is 12.5 Å². The zero-order chi connectivity index (χ0) is 17.5. The second-order valence-corrected chi connectivity index (χ2v) is 5.38. The van der Waals surface area contributed by atoms with Gasteiger partial charge in [0.1, 0.15) is 13.2 Å². The van der Waals surface area contributed by atoms with Crippen LogP contribution in [0.25, 0.3) is 0 Å². The molecule has 2 rings (SSSR count). The first-order chi connectivity index (χ1) is 11.5. The zero-order valence-corrected chi connectivity index (χ0v) is 13.2. The summed E-state index contributed by atoms with van der Waals surface area (Å²) in [5.74, 6) is -0.249. The highest BCUT2D eigenvalue weighted by molar-refractivity contribution is 5.96. The van der Waals surface area contributed by atoms with Gasteiger partial charge in [-0.25, -0.2) is 8.78 Å². The zero-order valence-electron chi connectivity index (χ0n) is 13.2. The van der Waals surface area contributed by atoms with Crippen molar-refractivity contribution in [3.63, 3.8) is 0 Å². The summed E-state index contributed by atoms with van der Waals surface area (Å²) in [4.78, 5) is 23.1. The van der Waals surface area contributed by atoms with Crippen LogP contribution in [-0.4, -0.2) is 45.2 Å². The van der Waals surface area contributed by atoms with E-state index in [1.165, 1.54) is 25.3 Å². The number of carbonyl (C=O) groups is 2. The van der Waals surface area contributed by atoms with Crippen LogP contribution in [0.3, 0.4) is 0 Å². The highest BCUT2D eigenvalue weighted by Gasteiger charge is 2.23. The summed E-state index contributed by atoms with van der Waals surface area (Å²) in [7, 11) is 1.22. The highest BCUT2D eigenvalue weighted by Crippen LogP contribution is 2.33. The van der Waals surface area contributed by atoms with Crippen LogP contribution in [0.4, 0.5) is 8.78 Å². The van der Waals surface area contributed by atoms with Gasteiger partial charge in [0.15, 0.2) is 11.5 Å².